The lowest BCUT2D eigenvalue weighted by atomic mass is 10.1. The Bertz CT molecular complexity index is 504. The number of nitrogens with one attached hydrogen (secondary N) is 2. The lowest BCUT2D eigenvalue weighted by Crippen LogP contribution is -2.50. The summed E-state index contributed by atoms with van der Waals surface area (Å²) in [5.74, 6) is -1.19. The average molecular weight is 293 g/mol. The number of hydrogen-bond acceptors (Lipinski definition) is 3. The molecule has 21 heavy (non-hydrogen) atoms. The van der Waals surface area contributed by atoms with Crippen LogP contribution in [0.25, 0.3) is 0 Å². The zero-order valence-electron chi connectivity index (χ0n) is 12.0. The van der Waals surface area contributed by atoms with Crippen molar-refractivity contribution in [1.82, 2.24) is 15.5 Å². The van der Waals surface area contributed by atoms with Crippen molar-refractivity contribution in [1.29, 1.82) is 0 Å². The van der Waals surface area contributed by atoms with Crippen LogP contribution < -0.4 is 10.6 Å². The first-order chi connectivity index (χ1) is 10.0. The quantitative estimate of drug-likeness (QED) is 0.767. The monoisotopic (exact) mass is 293 g/mol. The summed E-state index contributed by atoms with van der Waals surface area (Å²) in [6, 6.07) is 5.79. The summed E-state index contributed by atoms with van der Waals surface area (Å²) in [6.45, 7) is 3.88. The van der Waals surface area contributed by atoms with Gasteiger partial charge in [-0.15, -0.1) is 0 Å². The van der Waals surface area contributed by atoms with E-state index in [1.165, 1.54) is 0 Å². The van der Waals surface area contributed by atoms with Gasteiger partial charge in [-0.05, 0) is 19.4 Å². The summed E-state index contributed by atoms with van der Waals surface area (Å²) in [4.78, 5) is 36.0. The SMILES string of the molecule is CCNC(=O)N(CC)C(=O)NC(C(=O)O)c1ccccc1. The second-order valence-electron chi connectivity index (χ2n) is 4.21. The van der Waals surface area contributed by atoms with Gasteiger partial charge < -0.3 is 15.7 Å². The number of benzene rings is 1. The van der Waals surface area contributed by atoms with E-state index in [0.29, 0.717) is 12.1 Å². The van der Waals surface area contributed by atoms with Crippen molar-refractivity contribution in [3.63, 3.8) is 0 Å². The number of hydrogen-bond donors (Lipinski definition) is 3. The third-order valence-electron chi connectivity index (χ3n) is 2.78. The largest absolute Gasteiger partial charge is 0.479 e. The molecule has 0 aliphatic carbocycles. The Hall–Kier alpha value is -2.57. The van der Waals surface area contributed by atoms with E-state index in [2.05, 4.69) is 10.6 Å². The number of nitrogens with zero attached hydrogens (tertiary/aromatic N) is 1. The lowest BCUT2D eigenvalue weighted by Gasteiger charge is -2.22. The molecular formula is C14H19N3O4. The van der Waals surface area contributed by atoms with Crippen LogP contribution in [0.1, 0.15) is 25.5 Å². The molecule has 0 spiro atoms. The van der Waals surface area contributed by atoms with Crippen LogP contribution in [0.2, 0.25) is 0 Å². The minimum absolute atomic E-state index is 0.138. The highest BCUT2D eigenvalue weighted by Gasteiger charge is 2.26. The Kier molecular flexibility index (Phi) is 6.19. The van der Waals surface area contributed by atoms with Gasteiger partial charge in [-0.3, -0.25) is 0 Å². The van der Waals surface area contributed by atoms with Gasteiger partial charge in [0.15, 0.2) is 6.04 Å². The zero-order valence-corrected chi connectivity index (χ0v) is 12.0. The Labute approximate surface area is 122 Å². The van der Waals surface area contributed by atoms with E-state index in [1.807, 2.05) is 0 Å². The fraction of sp³-hybridized carbons (Fsp3) is 0.357. The zero-order chi connectivity index (χ0) is 15.8. The minimum atomic E-state index is -1.21. The number of rotatable bonds is 5. The molecule has 3 N–H and O–H groups in total. The molecule has 1 aromatic rings. The van der Waals surface area contributed by atoms with E-state index in [9.17, 15) is 19.5 Å². The Morgan fingerprint density at radius 1 is 1.14 bits per heavy atom. The summed E-state index contributed by atoms with van der Waals surface area (Å²) < 4.78 is 0. The third kappa shape index (κ3) is 4.48. The molecule has 0 bridgehead atoms. The van der Waals surface area contributed by atoms with Gasteiger partial charge in [-0.1, -0.05) is 30.3 Å². The molecule has 1 rings (SSSR count). The summed E-state index contributed by atoms with van der Waals surface area (Å²) >= 11 is 0. The summed E-state index contributed by atoms with van der Waals surface area (Å²) in [5.41, 5.74) is 0.435. The van der Waals surface area contributed by atoms with Crippen LogP contribution >= 0.6 is 0 Å². The molecule has 0 aliphatic rings. The molecule has 0 fully saturated rings. The van der Waals surface area contributed by atoms with Crippen molar-refractivity contribution in [3.8, 4) is 0 Å². The Morgan fingerprint density at radius 2 is 1.76 bits per heavy atom. The number of imide groups is 1. The van der Waals surface area contributed by atoms with Gasteiger partial charge >= 0.3 is 18.0 Å². The fourth-order valence-electron chi connectivity index (χ4n) is 1.76. The topological polar surface area (TPSA) is 98.7 Å². The van der Waals surface area contributed by atoms with Crippen molar-refractivity contribution < 1.29 is 19.5 Å². The molecule has 7 heteroatoms. The lowest BCUT2D eigenvalue weighted by molar-refractivity contribution is -0.139. The molecule has 1 atom stereocenters. The van der Waals surface area contributed by atoms with Crippen LogP contribution in [0, 0.1) is 0 Å². The smallest absolute Gasteiger partial charge is 0.330 e. The fourth-order valence-corrected chi connectivity index (χ4v) is 1.76. The summed E-state index contributed by atoms with van der Waals surface area (Å²) in [5, 5.41) is 14.1. The Balaban J connectivity index is 2.86. The van der Waals surface area contributed by atoms with Gasteiger partial charge in [-0.25, -0.2) is 19.3 Å². The van der Waals surface area contributed by atoms with Crippen LogP contribution in [-0.2, 0) is 4.79 Å². The number of carbonyl (C=O) groups excluding carboxylic acids is 2. The summed E-state index contributed by atoms with van der Waals surface area (Å²) in [6.07, 6.45) is 0. The highest BCUT2D eigenvalue weighted by molar-refractivity contribution is 5.95. The molecule has 0 aliphatic heterocycles. The van der Waals surface area contributed by atoms with E-state index in [0.717, 1.165) is 4.90 Å². The van der Waals surface area contributed by atoms with Crippen molar-refractivity contribution in [3.05, 3.63) is 35.9 Å². The first-order valence-electron chi connectivity index (χ1n) is 6.64. The number of aliphatic carboxylic acids is 1. The van der Waals surface area contributed by atoms with Gasteiger partial charge in [0.05, 0.1) is 0 Å². The maximum atomic E-state index is 12.1. The van der Waals surface area contributed by atoms with Crippen LogP contribution in [0.5, 0.6) is 0 Å². The molecule has 0 radical (unpaired) electrons. The number of amides is 4. The van der Waals surface area contributed by atoms with Gasteiger partial charge in [-0.2, -0.15) is 0 Å². The van der Waals surface area contributed by atoms with Crippen LogP contribution in [0.3, 0.4) is 0 Å². The number of carbonyl (C=O) groups is 3. The molecule has 1 unspecified atom stereocenters. The first kappa shape index (κ1) is 16.5. The van der Waals surface area contributed by atoms with E-state index in [-0.39, 0.29) is 6.54 Å². The molecule has 4 amide bonds. The first-order valence-corrected chi connectivity index (χ1v) is 6.64. The molecule has 1 aromatic carbocycles. The van der Waals surface area contributed by atoms with E-state index in [1.54, 1.807) is 44.2 Å². The second kappa shape index (κ2) is 7.88. The van der Waals surface area contributed by atoms with Crippen molar-refractivity contribution in [2.75, 3.05) is 13.1 Å². The van der Waals surface area contributed by atoms with Gasteiger partial charge in [0, 0.05) is 13.1 Å². The van der Waals surface area contributed by atoms with Gasteiger partial charge in [0.1, 0.15) is 0 Å². The number of carboxylic acid groups (broad SMARTS) is 1. The van der Waals surface area contributed by atoms with E-state index < -0.39 is 24.1 Å². The molecule has 0 saturated carbocycles. The minimum Gasteiger partial charge on any atom is -0.479 e. The maximum Gasteiger partial charge on any atom is 0.330 e. The predicted octanol–water partition coefficient (Wildman–Crippen LogP) is 1.57. The molecule has 0 aromatic heterocycles. The van der Waals surface area contributed by atoms with Gasteiger partial charge in [0.25, 0.3) is 0 Å². The van der Waals surface area contributed by atoms with E-state index in [4.69, 9.17) is 0 Å². The van der Waals surface area contributed by atoms with Crippen molar-refractivity contribution in [2.24, 2.45) is 0 Å². The van der Waals surface area contributed by atoms with E-state index >= 15 is 0 Å². The third-order valence-corrected chi connectivity index (χ3v) is 2.78. The summed E-state index contributed by atoms with van der Waals surface area (Å²) in [7, 11) is 0. The van der Waals surface area contributed by atoms with Crippen molar-refractivity contribution in [2.45, 2.75) is 19.9 Å². The van der Waals surface area contributed by atoms with Crippen LogP contribution in [0.15, 0.2) is 30.3 Å². The highest BCUT2D eigenvalue weighted by atomic mass is 16.4. The van der Waals surface area contributed by atoms with Gasteiger partial charge in [0.2, 0.25) is 0 Å². The maximum absolute atomic E-state index is 12.1. The molecule has 0 heterocycles. The Morgan fingerprint density at radius 3 is 2.24 bits per heavy atom. The molecule has 7 nitrogen and oxygen atoms in total. The highest BCUT2D eigenvalue weighted by Crippen LogP contribution is 2.13. The van der Waals surface area contributed by atoms with Crippen LogP contribution in [0.4, 0.5) is 9.59 Å². The molecular weight excluding hydrogens is 274 g/mol. The van der Waals surface area contributed by atoms with Crippen molar-refractivity contribution >= 4 is 18.0 Å². The average Bonchev–Trinajstić information content (AvgIpc) is 2.46. The number of urea groups is 2. The molecule has 0 saturated heterocycles. The predicted molar refractivity (Wildman–Crippen MR) is 76.8 cm³/mol. The number of carboxylic acids is 1. The standard InChI is InChI=1S/C14H19N3O4/c1-3-15-13(20)17(4-2)14(21)16-11(12(18)19)10-8-6-5-7-9-10/h5-9,11H,3-4H2,1-2H3,(H,15,20)(H,16,21)(H,18,19). The van der Waals surface area contributed by atoms with Crippen LogP contribution in [-0.4, -0.2) is 41.1 Å². The molecule has 114 valence electrons. The normalized spacial score (nSPS) is 11.3. The second-order valence-corrected chi connectivity index (χ2v) is 4.21.